The maximum atomic E-state index is 13.9. The molecule has 7 heteroatoms. The summed E-state index contributed by atoms with van der Waals surface area (Å²) in [5, 5.41) is 2.10. The van der Waals surface area contributed by atoms with Gasteiger partial charge in [0.15, 0.2) is 5.60 Å². The van der Waals surface area contributed by atoms with E-state index in [0.717, 1.165) is 37.9 Å². The number of nitrogens with zero attached hydrogens (tertiary/aromatic N) is 2. The van der Waals surface area contributed by atoms with Crippen molar-refractivity contribution in [3.05, 3.63) is 71.6 Å². The molecule has 1 aliphatic heterocycles. The molecule has 0 radical (unpaired) electrons. The summed E-state index contributed by atoms with van der Waals surface area (Å²) in [5.74, 6) is 0.424. The number of carbonyl (C=O) groups is 2. The molecule has 218 valence electrons. The van der Waals surface area contributed by atoms with Crippen LogP contribution in [0.5, 0.6) is 5.75 Å². The van der Waals surface area contributed by atoms with Gasteiger partial charge in [-0.15, -0.1) is 11.3 Å². The van der Waals surface area contributed by atoms with Crippen molar-refractivity contribution >= 4 is 28.9 Å². The Hall–Kier alpha value is -3.32. The molecule has 0 spiro atoms. The Morgan fingerprint density at radius 1 is 0.976 bits per heavy atom. The molecule has 1 aromatic heterocycles. The van der Waals surface area contributed by atoms with Crippen molar-refractivity contribution in [2.45, 2.75) is 84.1 Å². The van der Waals surface area contributed by atoms with Crippen molar-refractivity contribution in [2.24, 2.45) is 5.92 Å². The number of anilines is 1. The third-order valence-corrected chi connectivity index (χ3v) is 8.52. The molecule has 0 bridgehead atoms. The van der Waals surface area contributed by atoms with Crippen LogP contribution in [0, 0.1) is 5.92 Å². The van der Waals surface area contributed by atoms with E-state index in [4.69, 9.17) is 9.47 Å². The number of hydrogen-bond donors (Lipinski definition) is 0. The molecular weight excluding hydrogens is 532 g/mol. The molecule has 1 atom stereocenters. The summed E-state index contributed by atoms with van der Waals surface area (Å²) in [6, 6.07) is 21.0. The van der Waals surface area contributed by atoms with E-state index in [0.29, 0.717) is 24.9 Å². The Bertz CT molecular complexity index is 1340. The molecule has 0 N–H and O–H groups in total. The lowest BCUT2D eigenvalue weighted by molar-refractivity contribution is -0.170. The SMILES string of the molecule is CC(C)(C)OC(=O)C(C)(C)Oc1cccc(N2CCCC(C(=O)N(Cc3ccc(-c4cccs4)cc3)C3CC3)C2)c1. The van der Waals surface area contributed by atoms with E-state index in [1.165, 1.54) is 16.0 Å². The lowest BCUT2D eigenvalue weighted by Gasteiger charge is -2.37. The van der Waals surface area contributed by atoms with Gasteiger partial charge in [0.2, 0.25) is 5.91 Å². The monoisotopic (exact) mass is 574 g/mol. The third-order valence-electron chi connectivity index (χ3n) is 7.60. The van der Waals surface area contributed by atoms with Crippen LogP contribution >= 0.6 is 11.3 Å². The number of amides is 1. The van der Waals surface area contributed by atoms with E-state index in [1.54, 1.807) is 25.2 Å². The zero-order valence-electron chi connectivity index (χ0n) is 24.9. The van der Waals surface area contributed by atoms with Gasteiger partial charge in [-0.05, 0) is 95.0 Å². The third kappa shape index (κ3) is 7.50. The van der Waals surface area contributed by atoms with Crippen molar-refractivity contribution < 1.29 is 19.1 Å². The van der Waals surface area contributed by atoms with Crippen molar-refractivity contribution in [1.82, 2.24) is 4.90 Å². The fourth-order valence-corrected chi connectivity index (χ4v) is 6.05. The van der Waals surface area contributed by atoms with Crippen LogP contribution < -0.4 is 9.64 Å². The van der Waals surface area contributed by atoms with Crippen molar-refractivity contribution in [1.29, 1.82) is 0 Å². The molecule has 3 aromatic rings. The van der Waals surface area contributed by atoms with Gasteiger partial charge in [0.05, 0.1) is 5.92 Å². The number of piperidine rings is 1. The summed E-state index contributed by atoms with van der Waals surface area (Å²) in [7, 11) is 0. The zero-order chi connectivity index (χ0) is 29.2. The predicted octanol–water partition coefficient (Wildman–Crippen LogP) is 7.32. The molecule has 41 heavy (non-hydrogen) atoms. The lowest BCUT2D eigenvalue weighted by atomic mass is 9.95. The molecule has 1 amide bonds. The largest absolute Gasteiger partial charge is 0.476 e. The first-order valence-electron chi connectivity index (χ1n) is 14.7. The number of thiophene rings is 1. The summed E-state index contributed by atoms with van der Waals surface area (Å²) < 4.78 is 11.7. The van der Waals surface area contributed by atoms with Gasteiger partial charge in [-0.2, -0.15) is 0 Å². The molecule has 1 saturated heterocycles. The standard InChI is InChI=1S/C34H42N2O4S/c1-33(2,3)40-32(38)34(4,5)39-29-11-6-10-28(21-29)35-19-7-9-26(23-35)31(37)36(27-17-18-27)22-24-13-15-25(16-14-24)30-12-8-20-41-30/h6,8,10-16,20-21,26-27H,7,9,17-19,22-23H2,1-5H3. The fourth-order valence-electron chi connectivity index (χ4n) is 5.32. The highest BCUT2D eigenvalue weighted by atomic mass is 32.1. The zero-order valence-corrected chi connectivity index (χ0v) is 25.7. The van der Waals surface area contributed by atoms with E-state index in [2.05, 4.69) is 51.6 Å². The van der Waals surface area contributed by atoms with E-state index in [1.807, 2.05) is 45.0 Å². The summed E-state index contributed by atoms with van der Waals surface area (Å²) in [5.41, 5.74) is 1.69. The number of rotatable bonds is 9. The van der Waals surface area contributed by atoms with Crippen LogP contribution in [-0.2, 0) is 20.9 Å². The molecule has 1 unspecified atom stereocenters. The number of benzene rings is 2. The molecule has 2 aliphatic rings. The average molecular weight is 575 g/mol. The second-order valence-corrected chi connectivity index (χ2v) is 13.7. The van der Waals surface area contributed by atoms with Gasteiger partial charge in [0.25, 0.3) is 0 Å². The van der Waals surface area contributed by atoms with Gasteiger partial charge in [-0.3, -0.25) is 4.79 Å². The minimum absolute atomic E-state index is 0.0440. The van der Waals surface area contributed by atoms with Crippen molar-refractivity contribution in [3.8, 4) is 16.2 Å². The maximum Gasteiger partial charge on any atom is 0.350 e. The highest BCUT2D eigenvalue weighted by Crippen LogP contribution is 2.34. The molecule has 2 heterocycles. The van der Waals surface area contributed by atoms with Crippen LogP contribution in [0.15, 0.2) is 66.0 Å². The van der Waals surface area contributed by atoms with Crippen molar-refractivity contribution in [2.75, 3.05) is 18.0 Å². The van der Waals surface area contributed by atoms with Crippen LogP contribution in [0.2, 0.25) is 0 Å². The quantitative estimate of drug-likeness (QED) is 0.251. The second kappa shape index (κ2) is 11.9. The summed E-state index contributed by atoms with van der Waals surface area (Å²) in [6.45, 7) is 11.2. The average Bonchev–Trinajstić information content (AvgIpc) is 3.63. The molecule has 2 fully saturated rings. The normalized spacial score (nSPS) is 17.7. The summed E-state index contributed by atoms with van der Waals surface area (Å²) in [6.07, 6.45) is 4.03. The molecule has 1 saturated carbocycles. The minimum atomic E-state index is -1.13. The Kier molecular flexibility index (Phi) is 8.46. The van der Waals surface area contributed by atoms with E-state index < -0.39 is 17.2 Å². The molecule has 1 aliphatic carbocycles. The number of esters is 1. The van der Waals surface area contributed by atoms with Gasteiger partial charge < -0.3 is 19.3 Å². The van der Waals surface area contributed by atoms with E-state index >= 15 is 0 Å². The second-order valence-electron chi connectivity index (χ2n) is 12.8. The number of carbonyl (C=O) groups excluding carboxylic acids is 2. The Morgan fingerprint density at radius 2 is 1.73 bits per heavy atom. The van der Waals surface area contributed by atoms with Crippen molar-refractivity contribution in [3.63, 3.8) is 0 Å². The summed E-state index contributed by atoms with van der Waals surface area (Å²) in [4.78, 5) is 32.3. The van der Waals surface area contributed by atoms with Crippen LogP contribution in [0.1, 0.15) is 65.9 Å². The Labute approximate surface area is 248 Å². The van der Waals surface area contributed by atoms with Crippen LogP contribution in [0.3, 0.4) is 0 Å². The predicted molar refractivity (Wildman–Crippen MR) is 165 cm³/mol. The lowest BCUT2D eigenvalue weighted by Crippen LogP contribution is -2.45. The first-order chi connectivity index (χ1) is 19.5. The van der Waals surface area contributed by atoms with Gasteiger partial charge in [-0.25, -0.2) is 4.79 Å². The first-order valence-corrected chi connectivity index (χ1v) is 15.6. The maximum absolute atomic E-state index is 13.9. The first kappa shape index (κ1) is 29.2. The highest BCUT2D eigenvalue weighted by Gasteiger charge is 2.38. The molecular formula is C34H42N2O4S. The fraction of sp³-hybridized carbons (Fsp3) is 0.471. The Balaban J connectivity index is 1.24. The van der Waals surface area contributed by atoms with Gasteiger partial charge in [0, 0.05) is 42.3 Å². The van der Waals surface area contributed by atoms with Crippen LogP contribution in [0.4, 0.5) is 5.69 Å². The van der Waals surface area contributed by atoms with E-state index in [-0.39, 0.29) is 11.8 Å². The smallest absolute Gasteiger partial charge is 0.350 e. The molecule has 6 nitrogen and oxygen atoms in total. The Morgan fingerprint density at radius 3 is 2.39 bits per heavy atom. The van der Waals surface area contributed by atoms with Crippen LogP contribution in [-0.4, -0.2) is 47.1 Å². The summed E-state index contributed by atoms with van der Waals surface area (Å²) >= 11 is 1.74. The van der Waals surface area contributed by atoms with Gasteiger partial charge in [0.1, 0.15) is 11.4 Å². The highest BCUT2D eigenvalue weighted by molar-refractivity contribution is 7.13. The minimum Gasteiger partial charge on any atom is -0.476 e. The number of ether oxygens (including phenoxy) is 2. The number of hydrogen-bond acceptors (Lipinski definition) is 6. The van der Waals surface area contributed by atoms with Crippen LogP contribution in [0.25, 0.3) is 10.4 Å². The van der Waals surface area contributed by atoms with E-state index in [9.17, 15) is 9.59 Å². The van der Waals surface area contributed by atoms with Gasteiger partial charge >= 0.3 is 5.97 Å². The van der Waals surface area contributed by atoms with Gasteiger partial charge in [-0.1, -0.05) is 36.4 Å². The topological polar surface area (TPSA) is 59.1 Å². The molecule has 5 rings (SSSR count). The molecule has 2 aromatic carbocycles.